The molecule has 90 valence electrons. The number of nitrogens with two attached hydrogens (primary N) is 1. The number of carbonyl (C=O) groups is 1. The molecule has 0 aromatic carbocycles. The first kappa shape index (κ1) is 14.3. The normalized spacial score (nSPS) is 13.1. The van der Waals surface area contributed by atoms with Crippen molar-refractivity contribution >= 4 is 5.91 Å². The summed E-state index contributed by atoms with van der Waals surface area (Å²) in [7, 11) is 3.28. The summed E-state index contributed by atoms with van der Waals surface area (Å²) in [5.74, 6) is -0.287. The fraction of sp³-hybridized carbons (Fsp3) is 0.900. The molecule has 0 saturated carbocycles. The van der Waals surface area contributed by atoms with Gasteiger partial charge in [-0.3, -0.25) is 9.69 Å². The number of methoxy groups -OCH3 is 2. The summed E-state index contributed by atoms with van der Waals surface area (Å²) in [6.07, 6.45) is 0.711. The third kappa shape index (κ3) is 5.71. The zero-order valence-corrected chi connectivity index (χ0v) is 9.86. The van der Waals surface area contributed by atoms with Crippen molar-refractivity contribution in [3.8, 4) is 0 Å². The Morgan fingerprint density at radius 3 is 2.00 bits per heavy atom. The summed E-state index contributed by atoms with van der Waals surface area (Å²) >= 11 is 0. The van der Waals surface area contributed by atoms with E-state index in [1.54, 1.807) is 14.2 Å². The minimum absolute atomic E-state index is 0.227. The maximum atomic E-state index is 11.2. The molecule has 0 spiro atoms. The summed E-state index contributed by atoms with van der Waals surface area (Å²) in [5, 5.41) is 0. The summed E-state index contributed by atoms with van der Waals surface area (Å²) in [6.45, 7) is 4.52. The standard InChI is InChI=1S/C10H22N2O3/c1-4-9(10(11)13)12(5-7-14-2)6-8-15-3/h9H,4-8H2,1-3H3,(H2,11,13). The van der Waals surface area contributed by atoms with Crippen molar-refractivity contribution in [2.24, 2.45) is 5.73 Å². The fourth-order valence-electron chi connectivity index (χ4n) is 1.48. The van der Waals surface area contributed by atoms with Gasteiger partial charge in [0.1, 0.15) is 0 Å². The van der Waals surface area contributed by atoms with Crippen molar-refractivity contribution < 1.29 is 14.3 Å². The summed E-state index contributed by atoms with van der Waals surface area (Å²) in [5.41, 5.74) is 5.33. The molecular weight excluding hydrogens is 196 g/mol. The molecule has 0 rings (SSSR count). The third-order valence-electron chi connectivity index (χ3n) is 2.32. The summed E-state index contributed by atoms with van der Waals surface area (Å²) in [6, 6.07) is -0.227. The highest BCUT2D eigenvalue weighted by Gasteiger charge is 2.21. The SMILES string of the molecule is CCC(C(N)=O)N(CCOC)CCOC. The Balaban J connectivity index is 4.22. The van der Waals surface area contributed by atoms with E-state index < -0.39 is 0 Å². The van der Waals surface area contributed by atoms with Gasteiger partial charge in [-0.05, 0) is 6.42 Å². The maximum absolute atomic E-state index is 11.2. The molecule has 0 aliphatic rings. The monoisotopic (exact) mass is 218 g/mol. The van der Waals surface area contributed by atoms with Gasteiger partial charge in [0.15, 0.2) is 0 Å². The van der Waals surface area contributed by atoms with Crippen LogP contribution in [-0.2, 0) is 14.3 Å². The largest absolute Gasteiger partial charge is 0.383 e. The van der Waals surface area contributed by atoms with Crippen LogP contribution in [-0.4, -0.2) is 57.4 Å². The molecule has 15 heavy (non-hydrogen) atoms. The fourth-order valence-corrected chi connectivity index (χ4v) is 1.48. The van der Waals surface area contributed by atoms with Crippen molar-refractivity contribution in [1.82, 2.24) is 4.90 Å². The van der Waals surface area contributed by atoms with Gasteiger partial charge < -0.3 is 15.2 Å². The molecule has 0 aliphatic heterocycles. The van der Waals surface area contributed by atoms with Crippen molar-refractivity contribution in [2.45, 2.75) is 19.4 Å². The highest BCUT2D eigenvalue weighted by atomic mass is 16.5. The van der Waals surface area contributed by atoms with E-state index in [4.69, 9.17) is 15.2 Å². The van der Waals surface area contributed by atoms with E-state index in [9.17, 15) is 4.79 Å². The Morgan fingerprint density at radius 2 is 1.73 bits per heavy atom. The van der Waals surface area contributed by atoms with Gasteiger partial charge >= 0.3 is 0 Å². The lowest BCUT2D eigenvalue weighted by atomic mass is 10.2. The number of nitrogens with zero attached hydrogens (tertiary/aromatic N) is 1. The second kappa shape index (κ2) is 8.64. The van der Waals surface area contributed by atoms with Gasteiger partial charge in [-0.25, -0.2) is 0 Å². The van der Waals surface area contributed by atoms with Crippen LogP contribution in [0.3, 0.4) is 0 Å². The molecule has 1 atom stereocenters. The average molecular weight is 218 g/mol. The van der Waals surface area contributed by atoms with Crippen LogP contribution in [0.2, 0.25) is 0 Å². The molecule has 0 radical (unpaired) electrons. The lowest BCUT2D eigenvalue weighted by Gasteiger charge is -2.28. The van der Waals surface area contributed by atoms with E-state index in [0.29, 0.717) is 32.7 Å². The molecule has 0 fully saturated rings. The van der Waals surface area contributed by atoms with Crippen molar-refractivity contribution in [3.05, 3.63) is 0 Å². The van der Waals surface area contributed by atoms with E-state index in [1.807, 2.05) is 11.8 Å². The number of primary amides is 1. The van der Waals surface area contributed by atoms with Crippen LogP contribution in [0.5, 0.6) is 0 Å². The van der Waals surface area contributed by atoms with Gasteiger partial charge in [0.2, 0.25) is 5.91 Å². The van der Waals surface area contributed by atoms with Crippen LogP contribution in [0.1, 0.15) is 13.3 Å². The van der Waals surface area contributed by atoms with E-state index in [0.717, 1.165) is 0 Å². The number of hydrogen-bond donors (Lipinski definition) is 1. The molecule has 5 nitrogen and oxygen atoms in total. The van der Waals surface area contributed by atoms with E-state index in [1.165, 1.54) is 0 Å². The van der Waals surface area contributed by atoms with Gasteiger partial charge in [-0.1, -0.05) is 6.92 Å². The lowest BCUT2D eigenvalue weighted by molar-refractivity contribution is -0.123. The third-order valence-corrected chi connectivity index (χ3v) is 2.32. The molecule has 0 saturated heterocycles. The number of hydrogen-bond acceptors (Lipinski definition) is 4. The van der Waals surface area contributed by atoms with Crippen molar-refractivity contribution in [2.75, 3.05) is 40.5 Å². The Bertz CT molecular complexity index is 168. The van der Waals surface area contributed by atoms with Gasteiger partial charge in [-0.15, -0.1) is 0 Å². The van der Waals surface area contributed by atoms with Gasteiger partial charge in [-0.2, -0.15) is 0 Å². The smallest absolute Gasteiger partial charge is 0.234 e. The molecule has 1 unspecified atom stereocenters. The zero-order valence-electron chi connectivity index (χ0n) is 9.86. The molecule has 0 aromatic heterocycles. The first-order valence-corrected chi connectivity index (χ1v) is 5.18. The minimum Gasteiger partial charge on any atom is -0.383 e. The highest BCUT2D eigenvalue weighted by molar-refractivity contribution is 5.79. The van der Waals surface area contributed by atoms with Crippen LogP contribution in [0.25, 0.3) is 0 Å². The molecule has 1 amide bonds. The number of ether oxygens (including phenoxy) is 2. The summed E-state index contributed by atoms with van der Waals surface area (Å²) < 4.78 is 9.98. The summed E-state index contributed by atoms with van der Waals surface area (Å²) in [4.78, 5) is 13.2. The Kier molecular flexibility index (Phi) is 8.27. The van der Waals surface area contributed by atoms with E-state index in [-0.39, 0.29) is 11.9 Å². The molecule has 0 aliphatic carbocycles. The zero-order chi connectivity index (χ0) is 11.7. The topological polar surface area (TPSA) is 64.8 Å². The Morgan fingerprint density at radius 1 is 1.27 bits per heavy atom. The molecule has 0 bridgehead atoms. The van der Waals surface area contributed by atoms with Crippen LogP contribution in [0.15, 0.2) is 0 Å². The molecule has 5 heteroatoms. The number of carbonyl (C=O) groups excluding carboxylic acids is 1. The minimum atomic E-state index is -0.287. The molecular formula is C10H22N2O3. The Labute approximate surface area is 91.5 Å². The predicted molar refractivity (Wildman–Crippen MR) is 58.6 cm³/mol. The highest BCUT2D eigenvalue weighted by Crippen LogP contribution is 2.03. The first-order chi connectivity index (χ1) is 7.17. The van der Waals surface area contributed by atoms with Gasteiger partial charge in [0, 0.05) is 27.3 Å². The predicted octanol–water partition coefficient (Wildman–Crippen LogP) is -0.155. The molecule has 0 heterocycles. The van der Waals surface area contributed by atoms with Crippen LogP contribution < -0.4 is 5.73 Å². The molecule has 2 N–H and O–H groups in total. The van der Waals surface area contributed by atoms with E-state index in [2.05, 4.69) is 0 Å². The maximum Gasteiger partial charge on any atom is 0.234 e. The van der Waals surface area contributed by atoms with E-state index >= 15 is 0 Å². The van der Waals surface area contributed by atoms with Crippen LogP contribution in [0.4, 0.5) is 0 Å². The average Bonchev–Trinajstić information content (AvgIpc) is 2.21. The second-order valence-corrected chi connectivity index (χ2v) is 3.35. The lowest BCUT2D eigenvalue weighted by Crippen LogP contribution is -2.47. The van der Waals surface area contributed by atoms with Gasteiger partial charge in [0.05, 0.1) is 19.3 Å². The van der Waals surface area contributed by atoms with Crippen molar-refractivity contribution in [3.63, 3.8) is 0 Å². The Hall–Kier alpha value is -0.650. The second-order valence-electron chi connectivity index (χ2n) is 3.35. The quantitative estimate of drug-likeness (QED) is 0.584. The first-order valence-electron chi connectivity index (χ1n) is 5.18. The van der Waals surface area contributed by atoms with Crippen molar-refractivity contribution in [1.29, 1.82) is 0 Å². The number of amides is 1. The molecule has 0 aromatic rings. The number of rotatable bonds is 9. The van der Waals surface area contributed by atoms with Crippen LogP contribution in [0, 0.1) is 0 Å². The van der Waals surface area contributed by atoms with Crippen LogP contribution >= 0.6 is 0 Å². The van der Waals surface area contributed by atoms with Gasteiger partial charge in [0.25, 0.3) is 0 Å².